The maximum Gasteiger partial charge on any atom is 0.155 e. The minimum Gasteiger partial charge on any atom is -0.393 e. The summed E-state index contributed by atoms with van der Waals surface area (Å²) in [6.45, 7) is 7.14. The summed E-state index contributed by atoms with van der Waals surface area (Å²) in [5.74, 6) is 3.15. The Morgan fingerprint density at radius 3 is 2.73 bits per heavy atom. The summed E-state index contributed by atoms with van der Waals surface area (Å²) in [6, 6.07) is 0. The van der Waals surface area contributed by atoms with Gasteiger partial charge in [-0.2, -0.15) is 0 Å². The van der Waals surface area contributed by atoms with E-state index in [4.69, 9.17) is 0 Å². The molecule has 0 amide bonds. The highest BCUT2D eigenvalue weighted by Crippen LogP contribution is 2.66. The molecule has 7 atom stereocenters. The van der Waals surface area contributed by atoms with E-state index in [1.54, 1.807) is 0 Å². The van der Waals surface area contributed by atoms with Gasteiger partial charge in [-0.3, -0.25) is 4.79 Å². The van der Waals surface area contributed by atoms with Crippen molar-refractivity contribution >= 4 is 5.78 Å². The van der Waals surface area contributed by atoms with Crippen molar-refractivity contribution in [1.29, 1.82) is 0 Å². The van der Waals surface area contributed by atoms with Crippen molar-refractivity contribution in [3.05, 3.63) is 11.6 Å². The fourth-order valence-corrected chi connectivity index (χ4v) is 7.07. The number of aliphatic hydroxyl groups is 1. The van der Waals surface area contributed by atoms with Crippen molar-refractivity contribution in [2.24, 2.45) is 34.5 Å². The highest BCUT2D eigenvalue weighted by atomic mass is 16.3. The molecule has 2 heteroatoms. The first kappa shape index (κ1) is 14.9. The third kappa shape index (κ3) is 1.79. The lowest BCUT2D eigenvalue weighted by molar-refractivity contribution is -0.118. The lowest BCUT2D eigenvalue weighted by Gasteiger charge is -2.58. The summed E-state index contributed by atoms with van der Waals surface area (Å²) in [5.41, 5.74) is 1.84. The van der Waals surface area contributed by atoms with Crippen molar-refractivity contribution in [2.45, 2.75) is 71.8 Å². The number of fused-ring (bicyclic) bond motifs is 5. The first-order valence-corrected chi connectivity index (χ1v) is 9.28. The lowest BCUT2D eigenvalue weighted by atomic mass is 9.46. The summed E-state index contributed by atoms with van der Waals surface area (Å²) < 4.78 is 0. The van der Waals surface area contributed by atoms with E-state index in [1.165, 1.54) is 24.8 Å². The molecule has 4 aliphatic rings. The van der Waals surface area contributed by atoms with Crippen LogP contribution in [0.5, 0.6) is 0 Å². The maximum atomic E-state index is 11.8. The average molecular weight is 302 g/mol. The zero-order chi connectivity index (χ0) is 15.7. The first-order valence-electron chi connectivity index (χ1n) is 9.28. The normalized spacial score (nSPS) is 54.3. The van der Waals surface area contributed by atoms with Gasteiger partial charge in [-0.25, -0.2) is 0 Å². The third-order valence-electron chi connectivity index (χ3n) is 8.23. The summed E-state index contributed by atoms with van der Waals surface area (Å²) in [6.07, 6.45) is 9.41. The van der Waals surface area contributed by atoms with Crippen LogP contribution in [0.25, 0.3) is 0 Å². The number of aliphatic hydroxyl groups excluding tert-OH is 1. The van der Waals surface area contributed by atoms with E-state index in [0.717, 1.165) is 37.5 Å². The summed E-state index contributed by atoms with van der Waals surface area (Å²) in [7, 11) is 0. The zero-order valence-corrected chi connectivity index (χ0v) is 14.3. The Labute approximate surface area is 134 Å². The number of hydrogen-bond donors (Lipinski definition) is 1. The van der Waals surface area contributed by atoms with Crippen LogP contribution >= 0.6 is 0 Å². The molecule has 0 spiro atoms. The molecule has 122 valence electrons. The van der Waals surface area contributed by atoms with Gasteiger partial charge in [-0.15, -0.1) is 0 Å². The molecular weight excluding hydrogens is 272 g/mol. The smallest absolute Gasteiger partial charge is 0.155 e. The van der Waals surface area contributed by atoms with Crippen LogP contribution in [0, 0.1) is 34.5 Å². The molecule has 0 heterocycles. The van der Waals surface area contributed by atoms with Crippen molar-refractivity contribution in [3.8, 4) is 0 Å². The van der Waals surface area contributed by atoms with Gasteiger partial charge >= 0.3 is 0 Å². The molecule has 22 heavy (non-hydrogen) atoms. The molecule has 2 nitrogen and oxygen atoms in total. The van der Waals surface area contributed by atoms with Crippen molar-refractivity contribution in [1.82, 2.24) is 0 Å². The number of carbonyl (C=O) groups excluding carboxylic acids is 1. The monoisotopic (exact) mass is 302 g/mol. The molecule has 0 radical (unpaired) electrons. The maximum absolute atomic E-state index is 11.8. The summed E-state index contributed by atoms with van der Waals surface area (Å²) in [5, 5.41) is 10.6. The highest BCUT2D eigenvalue weighted by molar-refractivity contribution is 5.91. The number of allylic oxidation sites excluding steroid dienone is 1. The molecule has 0 saturated heterocycles. The Kier molecular flexibility index (Phi) is 3.18. The molecule has 0 aromatic carbocycles. The molecule has 1 N–H and O–H groups in total. The van der Waals surface area contributed by atoms with Gasteiger partial charge in [0.15, 0.2) is 5.78 Å². The topological polar surface area (TPSA) is 37.3 Å². The van der Waals surface area contributed by atoms with Crippen molar-refractivity contribution in [2.75, 3.05) is 0 Å². The molecule has 0 bridgehead atoms. The predicted molar refractivity (Wildman–Crippen MR) is 87.3 cm³/mol. The Hall–Kier alpha value is -0.630. The third-order valence-corrected chi connectivity index (χ3v) is 8.23. The van der Waals surface area contributed by atoms with Crippen molar-refractivity contribution < 1.29 is 9.90 Å². The largest absolute Gasteiger partial charge is 0.393 e. The molecule has 0 aliphatic heterocycles. The SMILES string of the molecule is CC1C[C@H](O)[C@@]2(C)CC[C@H]3[C@@H](CCC4=CC(=O)CC[C@@]43C)[C@@H]12. The van der Waals surface area contributed by atoms with Gasteiger partial charge in [0.05, 0.1) is 6.10 Å². The molecule has 4 rings (SSSR count). The predicted octanol–water partition coefficient (Wildman–Crippen LogP) is 4.13. The van der Waals surface area contributed by atoms with E-state index in [-0.39, 0.29) is 16.9 Å². The molecule has 4 aliphatic carbocycles. The average Bonchev–Trinajstić information content (AvgIpc) is 2.70. The second kappa shape index (κ2) is 4.69. The number of carbonyl (C=O) groups is 1. The van der Waals surface area contributed by atoms with Gasteiger partial charge in [0.25, 0.3) is 0 Å². The Morgan fingerprint density at radius 2 is 1.95 bits per heavy atom. The van der Waals surface area contributed by atoms with E-state index >= 15 is 0 Å². The van der Waals surface area contributed by atoms with Crippen molar-refractivity contribution in [3.63, 3.8) is 0 Å². The standard InChI is InChI=1S/C20H30O2/c1-12-10-17(22)20(3)9-7-16-15(18(12)20)5-4-13-11-14(21)6-8-19(13,16)2/h11-12,15-18,22H,4-10H2,1-3H3/t12?,15-,16+,17+,18-,19+,20-/m1/s1. The molecule has 0 aromatic rings. The van der Waals surface area contributed by atoms with Gasteiger partial charge in [0.2, 0.25) is 0 Å². The molecule has 3 saturated carbocycles. The quantitative estimate of drug-likeness (QED) is 0.730. The fourth-order valence-electron chi connectivity index (χ4n) is 7.07. The van der Waals surface area contributed by atoms with Crippen LogP contribution in [0.2, 0.25) is 0 Å². The van der Waals surface area contributed by atoms with Gasteiger partial charge < -0.3 is 5.11 Å². The van der Waals surface area contributed by atoms with Crippen LogP contribution in [0.1, 0.15) is 65.7 Å². The van der Waals surface area contributed by atoms with E-state index in [0.29, 0.717) is 17.6 Å². The van der Waals surface area contributed by atoms with E-state index in [9.17, 15) is 9.90 Å². The number of ketones is 1. The number of hydrogen-bond acceptors (Lipinski definition) is 2. The van der Waals surface area contributed by atoms with Crippen LogP contribution in [0.3, 0.4) is 0 Å². The van der Waals surface area contributed by atoms with E-state index < -0.39 is 0 Å². The molecular formula is C20H30O2. The van der Waals surface area contributed by atoms with Crippen LogP contribution in [0.4, 0.5) is 0 Å². The Bertz CT molecular complexity index is 536. The van der Waals surface area contributed by atoms with Crippen LogP contribution in [-0.2, 0) is 4.79 Å². The van der Waals surface area contributed by atoms with Gasteiger partial charge in [0.1, 0.15) is 0 Å². The Balaban J connectivity index is 1.71. The Morgan fingerprint density at radius 1 is 1.18 bits per heavy atom. The van der Waals surface area contributed by atoms with E-state index in [1.807, 2.05) is 6.08 Å². The molecule has 1 unspecified atom stereocenters. The van der Waals surface area contributed by atoms with Gasteiger partial charge in [-0.05, 0) is 79.1 Å². The number of rotatable bonds is 0. The van der Waals surface area contributed by atoms with Crippen LogP contribution < -0.4 is 0 Å². The first-order chi connectivity index (χ1) is 10.4. The minimum atomic E-state index is -0.105. The second-order valence-corrected chi connectivity index (χ2v) is 9.16. The highest BCUT2D eigenvalue weighted by Gasteiger charge is 2.60. The summed E-state index contributed by atoms with van der Waals surface area (Å²) >= 11 is 0. The van der Waals surface area contributed by atoms with Gasteiger partial charge in [0, 0.05) is 6.42 Å². The zero-order valence-electron chi connectivity index (χ0n) is 14.3. The lowest BCUT2D eigenvalue weighted by Crippen LogP contribution is -2.52. The second-order valence-electron chi connectivity index (χ2n) is 9.16. The van der Waals surface area contributed by atoms with E-state index in [2.05, 4.69) is 20.8 Å². The van der Waals surface area contributed by atoms with Gasteiger partial charge in [-0.1, -0.05) is 26.3 Å². The molecule has 0 aromatic heterocycles. The fraction of sp³-hybridized carbons (Fsp3) is 0.850. The minimum absolute atomic E-state index is 0.105. The van der Waals surface area contributed by atoms with Crippen LogP contribution in [-0.4, -0.2) is 17.0 Å². The summed E-state index contributed by atoms with van der Waals surface area (Å²) in [4.78, 5) is 11.8. The molecule has 3 fully saturated rings. The van der Waals surface area contributed by atoms with Crippen LogP contribution in [0.15, 0.2) is 11.6 Å².